The van der Waals surface area contributed by atoms with Crippen LogP contribution < -0.4 is 5.73 Å². The van der Waals surface area contributed by atoms with Crippen molar-refractivity contribution in [2.24, 2.45) is 17.6 Å². The number of primary amides is 1. The quantitative estimate of drug-likeness (QED) is 0.877. The second kappa shape index (κ2) is 4.69. The molecule has 2 N–H and O–H groups in total. The summed E-state index contributed by atoms with van der Waals surface area (Å²) in [5.74, 6) is 1.69. The van der Waals surface area contributed by atoms with E-state index in [0.29, 0.717) is 16.5 Å². The van der Waals surface area contributed by atoms with Crippen molar-refractivity contribution in [1.82, 2.24) is 0 Å². The summed E-state index contributed by atoms with van der Waals surface area (Å²) in [5.41, 5.74) is 6.86. The Morgan fingerprint density at radius 3 is 2.53 bits per heavy atom. The summed E-state index contributed by atoms with van der Waals surface area (Å²) in [6.07, 6.45) is 2.40. The van der Waals surface area contributed by atoms with E-state index in [2.05, 4.69) is 13.8 Å². The predicted molar refractivity (Wildman–Crippen MR) is 70.3 cm³/mol. The van der Waals surface area contributed by atoms with E-state index in [4.69, 9.17) is 17.3 Å². The van der Waals surface area contributed by atoms with Crippen molar-refractivity contribution in [3.05, 3.63) is 34.3 Å². The second-order valence-corrected chi connectivity index (χ2v) is 5.68. The van der Waals surface area contributed by atoms with Gasteiger partial charge in [-0.2, -0.15) is 0 Å². The van der Waals surface area contributed by atoms with Crippen LogP contribution >= 0.6 is 11.6 Å². The number of rotatable bonds is 3. The molecule has 1 aromatic carbocycles. The fourth-order valence-corrected chi connectivity index (χ4v) is 2.81. The summed E-state index contributed by atoms with van der Waals surface area (Å²) in [5, 5.41) is 0.675. The Hall–Kier alpha value is -1.02. The molecule has 1 aromatic rings. The average Bonchev–Trinajstić information content (AvgIpc) is 2.17. The minimum absolute atomic E-state index is 0.424. The minimum Gasteiger partial charge on any atom is -0.366 e. The summed E-state index contributed by atoms with van der Waals surface area (Å²) >= 11 is 6.20. The summed E-state index contributed by atoms with van der Waals surface area (Å²) in [6.45, 7) is 4.53. The third-order valence-corrected chi connectivity index (χ3v) is 4.17. The van der Waals surface area contributed by atoms with Gasteiger partial charge in [0.15, 0.2) is 0 Å². The van der Waals surface area contributed by atoms with Crippen molar-refractivity contribution in [2.75, 3.05) is 0 Å². The third-order valence-electron chi connectivity index (χ3n) is 3.84. The van der Waals surface area contributed by atoms with Crippen LogP contribution in [0.25, 0.3) is 0 Å². The zero-order chi connectivity index (χ0) is 12.6. The van der Waals surface area contributed by atoms with Crippen molar-refractivity contribution >= 4 is 17.5 Å². The van der Waals surface area contributed by atoms with E-state index >= 15 is 0 Å². The summed E-state index contributed by atoms with van der Waals surface area (Å²) in [7, 11) is 0. The Labute approximate surface area is 107 Å². The topological polar surface area (TPSA) is 43.1 Å². The maximum Gasteiger partial charge on any atom is 0.248 e. The fourth-order valence-electron chi connectivity index (χ4n) is 2.47. The van der Waals surface area contributed by atoms with Gasteiger partial charge in [-0.15, -0.1) is 0 Å². The summed E-state index contributed by atoms with van der Waals surface area (Å²) < 4.78 is 0. The SMILES string of the molecule is CC(C)C1CC(c2ccc(C(N)=O)cc2Cl)C1. The molecule has 0 aliphatic heterocycles. The molecule has 0 atom stereocenters. The Kier molecular flexibility index (Phi) is 3.43. The highest BCUT2D eigenvalue weighted by Gasteiger charge is 2.33. The van der Waals surface area contributed by atoms with Gasteiger partial charge in [0, 0.05) is 10.6 Å². The second-order valence-electron chi connectivity index (χ2n) is 5.27. The average molecular weight is 252 g/mol. The standard InChI is InChI=1S/C14H18ClNO/c1-8(2)10-5-11(6-10)12-4-3-9(14(16)17)7-13(12)15/h3-4,7-8,10-11H,5-6H2,1-2H3,(H2,16,17). The van der Waals surface area contributed by atoms with Gasteiger partial charge in [-0.05, 0) is 48.3 Å². The van der Waals surface area contributed by atoms with Gasteiger partial charge in [0.25, 0.3) is 0 Å². The van der Waals surface area contributed by atoms with Crippen molar-refractivity contribution in [3.63, 3.8) is 0 Å². The van der Waals surface area contributed by atoms with Crippen LogP contribution in [0.15, 0.2) is 18.2 Å². The number of hydrogen-bond acceptors (Lipinski definition) is 1. The number of hydrogen-bond donors (Lipinski definition) is 1. The molecule has 1 fully saturated rings. The van der Waals surface area contributed by atoms with Crippen LogP contribution in [0.4, 0.5) is 0 Å². The molecule has 2 rings (SSSR count). The lowest BCUT2D eigenvalue weighted by Crippen LogP contribution is -2.26. The monoisotopic (exact) mass is 251 g/mol. The number of amides is 1. The number of nitrogens with two attached hydrogens (primary N) is 1. The Morgan fingerprint density at radius 1 is 1.41 bits per heavy atom. The molecule has 92 valence electrons. The first kappa shape index (κ1) is 12.4. The van der Waals surface area contributed by atoms with E-state index in [1.807, 2.05) is 6.07 Å². The number of carbonyl (C=O) groups excluding carboxylic acids is 1. The van der Waals surface area contributed by atoms with Gasteiger partial charge in [0.1, 0.15) is 0 Å². The van der Waals surface area contributed by atoms with Crippen LogP contribution in [0.1, 0.15) is 48.5 Å². The third kappa shape index (κ3) is 2.47. The molecule has 0 bridgehead atoms. The molecule has 1 aliphatic carbocycles. The molecule has 17 heavy (non-hydrogen) atoms. The van der Waals surface area contributed by atoms with E-state index < -0.39 is 5.91 Å². The number of halogens is 1. The van der Waals surface area contributed by atoms with Crippen molar-refractivity contribution < 1.29 is 4.79 Å². The first-order chi connectivity index (χ1) is 7.99. The lowest BCUT2D eigenvalue weighted by molar-refractivity contribution is 0.1000. The van der Waals surface area contributed by atoms with Gasteiger partial charge in [-0.1, -0.05) is 31.5 Å². The van der Waals surface area contributed by atoms with Gasteiger partial charge < -0.3 is 5.73 Å². The molecule has 0 radical (unpaired) electrons. The van der Waals surface area contributed by atoms with Crippen molar-refractivity contribution in [2.45, 2.75) is 32.6 Å². The maximum atomic E-state index is 11.0. The van der Waals surface area contributed by atoms with Gasteiger partial charge in [0.05, 0.1) is 0 Å². The molecule has 0 unspecified atom stereocenters. The van der Waals surface area contributed by atoms with Crippen molar-refractivity contribution in [1.29, 1.82) is 0 Å². The molecule has 1 aliphatic rings. The fraction of sp³-hybridized carbons (Fsp3) is 0.500. The van der Waals surface area contributed by atoms with Crippen LogP contribution in [0, 0.1) is 11.8 Å². The van der Waals surface area contributed by atoms with E-state index in [0.717, 1.165) is 17.4 Å². The van der Waals surface area contributed by atoms with E-state index in [1.165, 1.54) is 12.8 Å². The van der Waals surface area contributed by atoms with Crippen LogP contribution in [-0.2, 0) is 0 Å². The van der Waals surface area contributed by atoms with Crippen LogP contribution in [0.5, 0.6) is 0 Å². The Morgan fingerprint density at radius 2 is 2.06 bits per heavy atom. The highest BCUT2D eigenvalue weighted by atomic mass is 35.5. The van der Waals surface area contributed by atoms with Gasteiger partial charge in [-0.25, -0.2) is 0 Å². The highest BCUT2D eigenvalue weighted by molar-refractivity contribution is 6.31. The smallest absolute Gasteiger partial charge is 0.248 e. The normalized spacial score (nSPS) is 23.5. The van der Waals surface area contributed by atoms with Gasteiger partial charge >= 0.3 is 0 Å². The van der Waals surface area contributed by atoms with Gasteiger partial charge in [0.2, 0.25) is 5.91 Å². The lowest BCUT2D eigenvalue weighted by atomic mass is 9.67. The van der Waals surface area contributed by atoms with Crippen LogP contribution in [0.2, 0.25) is 5.02 Å². The Balaban J connectivity index is 2.11. The van der Waals surface area contributed by atoms with Gasteiger partial charge in [-0.3, -0.25) is 4.79 Å². The molecule has 3 heteroatoms. The van der Waals surface area contributed by atoms with Crippen LogP contribution in [0.3, 0.4) is 0 Å². The molecular weight excluding hydrogens is 234 g/mol. The number of benzene rings is 1. The highest BCUT2D eigenvalue weighted by Crippen LogP contribution is 2.47. The minimum atomic E-state index is -0.424. The molecule has 1 saturated carbocycles. The van der Waals surface area contributed by atoms with E-state index in [1.54, 1.807) is 12.1 Å². The predicted octanol–water partition coefficient (Wildman–Crippen LogP) is 3.59. The van der Waals surface area contributed by atoms with Crippen molar-refractivity contribution in [3.8, 4) is 0 Å². The zero-order valence-electron chi connectivity index (χ0n) is 10.2. The molecular formula is C14H18ClNO. The maximum absolute atomic E-state index is 11.0. The number of carbonyl (C=O) groups is 1. The largest absolute Gasteiger partial charge is 0.366 e. The molecule has 0 spiro atoms. The lowest BCUT2D eigenvalue weighted by Gasteiger charge is -2.38. The first-order valence-electron chi connectivity index (χ1n) is 6.08. The molecule has 1 amide bonds. The molecule has 2 nitrogen and oxygen atoms in total. The van der Waals surface area contributed by atoms with E-state index in [-0.39, 0.29) is 0 Å². The zero-order valence-corrected chi connectivity index (χ0v) is 11.0. The molecule has 0 aromatic heterocycles. The molecule has 0 heterocycles. The molecule has 0 saturated heterocycles. The Bertz CT molecular complexity index is 436. The summed E-state index contributed by atoms with van der Waals surface area (Å²) in [4.78, 5) is 11.0. The first-order valence-corrected chi connectivity index (χ1v) is 6.46. The van der Waals surface area contributed by atoms with E-state index in [9.17, 15) is 4.79 Å². The summed E-state index contributed by atoms with van der Waals surface area (Å²) in [6, 6.07) is 5.40. The van der Waals surface area contributed by atoms with Crippen LogP contribution in [-0.4, -0.2) is 5.91 Å².